The second kappa shape index (κ2) is 3.89. The average Bonchev–Trinajstić information content (AvgIpc) is 2.24. The number of halogens is 1. The summed E-state index contributed by atoms with van der Waals surface area (Å²) in [6.45, 7) is 3.30. The van der Waals surface area contributed by atoms with Crippen LogP contribution in [0.2, 0.25) is 0 Å². The molecule has 1 aromatic heterocycles. The summed E-state index contributed by atoms with van der Waals surface area (Å²) >= 11 is 0. The van der Waals surface area contributed by atoms with Crippen LogP contribution in [0, 0.1) is 19.7 Å². The first-order chi connectivity index (χ1) is 7.59. The molecule has 0 saturated carbocycles. The molecule has 0 aliphatic heterocycles. The molecule has 0 spiro atoms. The molecule has 2 aromatic rings. The first-order valence-electron chi connectivity index (χ1n) is 4.92. The second-order valence-electron chi connectivity index (χ2n) is 3.60. The van der Waals surface area contributed by atoms with Gasteiger partial charge in [0.25, 0.3) is 5.56 Å². The van der Waals surface area contributed by atoms with Crippen LogP contribution >= 0.6 is 0 Å². The lowest BCUT2D eigenvalue weighted by atomic mass is 10.1. The fourth-order valence-corrected chi connectivity index (χ4v) is 1.56. The summed E-state index contributed by atoms with van der Waals surface area (Å²) in [4.78, 5) is 18.3. The zero-order chi connectivity index (χ0) is 11.7. The smallest absolute Gasteiger partial charge is 0.254 e. The van der Waals surface area contributed by atoms with Gasteiger partial charge in [-0.1, -0.05) is 12.1 Å². The zero-order valence-electron chi connectivity index (χ0n) is 9.04. The van der Waals surface area contributed by atoms with Crippen LogP contribution in [0.4, 0.5) is 4.39 Å². The predicted molar refractivity (Wildman–Crippen MR) is 59.7 cm³/mol. The molecule has 0 radical (unpaired) electrons. The molecule has 1 N–H and O–H groups in total. The molecular formula is C12H11FN2O. The number of nitrogens with zero attached hydrogens (tertiary/aromatic N) is 1. The molecular weight excluding hydrogens is 207 g/mol. The van der Waals surface area contributed by atoms with Crippen LogP contribution < -0.4 is 5.56 Å². The maximum atomic E-state index is 13.6. The third-order valence-electron chi connectivity index (χ3n) is 2.40. The second-order valence-corrected chi connectivity index (χ2v) is 3.60. The van der Waals surface area contributed by atoms with Gasteiger partial charge in [0.2, 0.25) is 0 Å². The summed E-state index contributed by atoms with van der Waals surface area (Å²) in [5.74, 6) is 0.108. The van der Waals surface area contributed by atoms with E-state index in [-0.39, 0.29) is 11.4 Å². The predicted octanol–water partition coefficient (Wildman–Crippen LogP) is 2.19. The third-order valence-corrected chi connectivity index (χ3v) is 2.40. The van der Waals surface area contributed by atoms with E-state index in [1.54, 1.807) is 32.0 Å². The van der Waals surface area contributed by atoms with E-state index in [1.807, 2.05) is 0 Å². The highest BCUT2D eigenvalue weighted by atomic mass is 19.1. The van der Waals surface area contributed by atoms with Crippen molar-refractivity contribution in [3.8, 4) is 11.3 Å². The number of aromatic nitrogens is 2. The maximum Gasteiger partial charge on any atom is 0.254 e. The van der Waals surface area contributed by atoms with Gasteiger partial charge >= 0.3 is 0 Å². The lowest BCUT2D eigenvalue weighted by molar-refractivity contribution is 0.630. The van der Waals surface area contributed by atoms with Gasteiger partial charge in [0.05, 0.1) is 5.69 Å². The quantitative estimate of drug-likeness (QED) is 0.797. The minimum atomic E-state index is -0.372. The van der Waals surface area contributed by atoms with Crippen LogP contribution in [0.5, 0.6) is 0 Å². The molecule has 0 aliphatic carbocycles. The highest BCUT2D eigenvalue weighted by Crippen LogP contribution is 2.21. The van der Waals surface area contributed by atoms with Crippen molar-refractivity contribution in [2.45, 2.75) is 13.8 Å². The van der Waals surface area contributed by atoms with Gasteiger partial charge in [-0.15, -0.1) is 0 Å². The van der Waals surface area contributed by atoms with Crippen molar-refractivity contribution < 1.29 is 4.39 Å². The molecule has 2 rings (SSSR count). The Labute approximate surface area is 92.0 Å². The first-order valence-corrected chi connectivity index (χ1v) is 4.92. The fourth-order valence-electron chi connectivity index (χ4n) is 1.56. The standard InChI is InChI=1S/C12H11FN2O/c1-7-11(14-8(2)15-12(7)16)9-5-3-4-6-10(9)13/h3-6H,1-2H3,(H,14,15,16). The van der Waals surface area contributed by atoms with Crippen LogP contribution in [0.1, 0.15) is 11.4 Å². The van der Waals surface area contributed by atoms with Crippen molar-refractivity contribution in [1.29, 1.82) is 0 Å². The van der Waals surface area contributed by atoms with Crippen LogP contribution in [-0.4, -0.2) is 9.97 Å². The zero-order valence-corrected chi connectivity index (χ0v) is 9.04. The molecule has 0 atom stereocenters. The molecule has 3 nitrogen and oxygen atoms in total. The third kappa shape index (κ3) is 1.74. The normalized spacial score (nSPS) is 10.4. The number of H-pyrrole nitrogens is 1. The molecule has 1 aromatic carbocycles. The van der Waals surface area contributed by atoms with Crippen molar-refractivity contribution in [3.05, 3.63) is 51.8 Å². The minimum Gasteiger partial charge on any atom is -0.311 e. The Bertz CT molecular complexity index is 590. The van der Waals surface area contributed by atoms with Gasteiger partial charge in [0, 0.05) is 11.1 Å². The summed E-state index contributed by atoms with van der Waals surface area (Å²) in [6, 6.07) is 6.29. The molecule has 0 fully saturated rings. The first kappa shape index (κ1) is 10.5. The fraction of sp³-hybridized carbons (Fsp3) is 0.167. The number of hydrogen-bond donors (Lipinski definition) is 1. The van der Waals surface area contributed by atoms with Gasteiger partial charge in [0.15, 0.2) is 0 Å². The van der Waals surface area contributed by atoms with E-state index < -0.39 is 0 Å². The van der Waals surface area contributed by atoms with Crippen molar-refractivity contribution in [3.63, 3.8) is 0 Å². The van der Waals surface area contributed by atoms with E-state index >= 15 is 0 Å². The summed E-state index contributed by atoms with van der Waals surface area (Å²) in [5.41, 5.74) is 0.954. The minimum absolute atomic E-state index is 0.231. The highest BCUT2D eigenvalue weighted by Gasteiger charge is 2.11. The van der Waals surface area contributed by atoms with E-state index in [0.717, 1.165) is 0 Å². The van der Waals surface area contributed by atoms with Gasteiger partial charge in [-0.25, -0.2) is 9.37 Å². The summed E-state index contributed by atoms with van der Waals surface area (Å²) in [5, 5.41) is 0. The van der Waals surface area contributed by atoms with E-state index in [0.29, 0.717) is 22.6 Å². The van der Waals surface area contributed by atoms with Crippen molar-refractivity contribution >= 4 is 0 Å². The lowest BCUT2D eigenvalue weighted by Crippen LogP contribution is -2.14. The number of aryl methyl sites for hydroxylation is 1. The van der Waals surface area contributed by atoms with Gasteiger partial charge in [0.1, 0.15) is 11.6 Å². The Hall–Kier alpha value is -1.97. The van der Waals surface area contributed by atoms with Gasteiger partial charge < -0.3 is 4.98 Å². The van der Waals surface area contributed by atoms with Crippen LogP contribution in [0.3, 0.4) is 0 Å². The van der Waals surface area contributed by atoms with Gasteiger partial charge in [-0.05, 0) is 26.0 Å². The summed E-state index contributed by atoms with van der Waals surface area (Å²) in [6.07, 6.45) is 0. The molecule has 0 bridgehead atoms. The van der Waals surface area contributed by atoms with E-state index in [2.05, 4.69) is 9.97 Å². The summed E-state index contributed by atoms with van der Waals surface area (Å²) < 4.78 is 13.6. The average molecular weight is 218 g/mol. The Morgan fingerprint density at radius 2 is 1.94 bits per heavy atom. The van der Waals surface area contributed by atoms with Crippen LogP contribution in [0.15, 0.2) is 29.1 Å². The van der Waals surface area contributed by atoms with E-state index in [1.165, 1.54) is 6.07 Å². The van der Waals surface area contributed by atoms with E-state index in [4.69, 9.17) is 0 Å². The molecule has 0 amide bonds. The summed E-state index contributed by atoms with van der Waals surface area (Å²) in [7, 11) is 0. The number of aromatic amines is 1. The molecule has 0 saturated heterocycles. The van der Waals surface area contributed by atoms with Crippen LogP contribution in [-0.2, 0) is 0 Å². The lowest BCUT2D eigenvalue weighted by Gasteiger charge is -2.06. The Morgan fingerprint density at radius 3 is 2.62 bits per heavy atom. The topological polar surface area (TPSA) is 45.8 Å². The van der Waals surface area contributed by atoms with Crippen molar-refractivity contribution in [2.75, 3.05) is 0 Å². The Kier molecular flexibility index (Phi) is 2.56. The number of hydrogen-bond acceptors (Lipinski definition) is 2. The van der Waals surface area contributed by atoms with Gasteiger partial charge in [-0.3, -0.25) is 4.79 Å². The SMILES string of the molecule is Cc1nc(-c2ccccc2F)c(C)c(=O)[nH]1. The number of nitrogens with one attached hydrogen (secondary N) is 1. The highest BCUT2D eigenvalue weighted by molar-refractivity contribution is 5.62. The van der Waals surface area contributed by atoms with Crippen LogP contribution in [0.25, 0.3) is 11.3 Å². The Balaban J connectivity index is 2.74. The van der Waals surface area contributed by atoms with E-state index in [9.17, 15) is 9.18 Å². The molecule has 16 heavy (non-hydrogen) atoms. The van der Waals surface area contributed by atoms with Gasteiger partial charge in [-0.2, -0.15) is 0 Å². The molecule has 0 aliphatic rings. The molecule has 1 heterocycles. The largest absolute Gasteiger partial charge is 0.311 e. The molecule has 0 unspecified atom stereocenters. The monoisotopic (exact) mass is 218 g/mol. The molecule has 4 heteroatoms. The maximum absolute atomic E-state index is 13.6. The molecule has 82 valence electrons. The van der Waals surface area contributed by atoms with Crippen molar-refractivity contribution in [1.82, 2.24) is 9.97 Å². The van der Waals surface area contributed by atoms with Crippen molar-refractivity contribution in [2.24, 2.45) is 0 Å². The number of rotatable bonds is 1. The Morgan fingerprint density at radius 1 is 1.25 bits per heavy atom. The number of benzene rings is 1.